The molecule has 134 valence electrons. The van der Waals surface area contributed by atoms with E-state index in [1.165, 1.54) is 17.8 Å². The number of benzene rings is 2. The lowest BCUT2D eigenvalue weighted by Crippen LogP contribution is -2.99. The van der Waals surface area contributed by atoms with Crippen molar-refractivity contribution in [3.63, 3.8) is 0 Å². The largest absolute Gasteiger partial charge is 0.595 e. The fourth-order valence-electron chi connectivity index (χ4n) is 2.63. The summed E-state index contributed by atoms with van der Waals surface area (Å²) in [4.78, 5) is 0. The van der Waals surface area contributed by atoms with Gasteiger partial charge in [-0.25, -0.2) is 15.1 Å². The standard InChI is InChI=1S/C15H14N6O4S/c22-20(23)11-6-4-9(5-7-11)14-18-19-13(16-17-15(19)26-14)10-2-1-3-12(8-10)21(24)25/h1-8,14,18,20-22,24H/t14-/m1/s1. The van der Waals surface area contributed by atoms with Gasteiger partial charge in [-0.3, -0.25) is 0 Å². The minimum atomic E-state index is -1.01. The second-order valence-corrected chi connectivity index (χ2v) is 6.65. The summed E-state index contributed by atoms with van der Waals surface area (Å²) in [6.45, 7) is 0. The van der Waals surface area contributed by atoms with Crippen LogP contribution in [-0.4, -0.2) is 25.3 Å². The van der Waals surface area contributed by atoms with Crippen LogP contribution in [0.5, 0.6) is 0 Å². The molecule has 0 saturated heterocycles. The predicted octanol–water partition coefficient (Wildman–Crippen LogP) is 0.0999. The van der Waals surface area contributed by atoms with E-state index in [9.17, 15) is 10.4 Å². The fraction of sp³-hybridized carbons (Fsp3) is 0.0667. The van der Waals surface area contributed by atoms with Gasteiger partial charge in [-0.1, -0.05) is 23.9 Å². The van der Waals surface area contributed by atoms with Crippen molar-refractivity contribution in [1.82, 2.24) is 14.9 Å². The van der Waals surface area contributed by atoms with Gasteiger partial charge in [-0.2, -0.15) is 10.5 Å². The number of aromatic nitrogens is 3. The summed E-state index contributed by atoms with van der Waals surface area (Å²) >= 11 is 1.44. The molecule has 2 aromatic carbocycles. The maximum atomic E-state index is 11.2. The normalized spacial score (nSPS) is 18.2. The number of quaternary nitrogens is 2. The molecule has 0 aliphatic carbocycles. The van der Waals surface area contributed by atoms with E-state index in [1.807, 2.05) is 0 Å². The minimum absolute atomic E-state index is 0.148. The zero-order valence-electron chi connectivity index (χ0n) is 13.2. The van der Waals surface area contributed by atoms with E-state index in [1.54, 1.807) is 47.1 Å². The van der Waals surface area contributed by atoms with Crippen LogP contribution in [0.1, 0.15) is 10.9 Å². The van der Waals surface area contributed by atoms with Crippen LogP contribution in [0.2, 0.25) is 0 Å². The first kappa shape index (κ1) is 16.9. The molecule has 11 heteroatoms. The molecule has 5 N–H and O–H groups in total. The maximum Gasteiger partial charge on any atom is 0.212 e. The molecule has 0 saturated carbocycles. The Morgan fingerprint density at radius 1 is 1.00 bits per heavy atom. The summed E-state index contributed by atoms with van der Waals surface area (Å²) in [5, 5.41) is 47.1. The Morgan fingerprint density at radius 3 is 2.42 bits per heavy atom. The van der Waals surface area contributed by atoms with Crippen LogP contribution in [0.25, 0.3) is 11.4 Å². The number of hydrogen-bond acceptors (Lipinski definition) is 8. The molecule has 0 spiro atoms. The van der Waals surface area contributed by atoms with Crippen molar-refractivity contribution in [2.24, 2.45) is 0 Å². The first-order chi connectivity index (χ1) is 12.5. The Labute approximate surface area is 151 Å². The maximum absolute atomic E-state index is 11.2. The zero-order valence-corrected chi connectivity index (χ0v) is 14.0. The van der Waals surface area contributed by atoms with Crippen molar-refractivity contribution in [2.45, 2.75) is 10.5 Å². The lowest BCUT2D eigenvalue weighted by atomic mass is 10.2. The van der Waals surface area contributed by atoms with E-state index in [4.69, 9.17) is 10.4 Å². The van der Waals surface area contributed by atoms with Gasteiger partial charge in [0.05, 0.1) is 0 Å². The average Bonchev–Trinajstić information content (AvgIpc) is 3.22. The first-order valence-corrected chi connectivity index (χ1v) is 8.46. The molecule has 1 aliphatic heterocycles. The number of fused-ring (bicyclic) bond motifs is 1. The molecule has 26 heavy (non-hydrogen) atoms. The summed E-state index contributed by atoms with van der Waals surface area (Å²) < 4.78 is 1.71. The van der Waals surface area contributed by atoms with E-state index < -0.39 is 10.5 Å². The van der Waals surface area contributed by atoms with Crippen LogP contribution in [0, 0.1) is 10.4 Å². The molecular weight excluding hydrogens is 360 g/mol. The molecule has 0 fully saturated rings. The van der Waals surface area contributed by atoms with E-state index >= 15 is 0 Å². The monoisotopic (exact) mass is 374 g/mol. The molecule has 2 heterocycles. The number of nitrogens with one attached hydrogen (secondary N) is 3. The summed E-state index contributed by atoms with van der Waals surface area (Å²) in [5.41, 5.74) is 5.19. The zero-order chi connectivity index (χ0) is 18.3. The first-order valence-electron chi connectivity index (χ1n) is 7.58. The van der Waals surface area contributed by atoms with Crippen molar-refractivity contribution in [3.05, 3.63) is 64.5 Å². The summed E-state index contributed by atoms with van der Waals surface area (Å²) in [7, 11) is 0. The molecule has 4 rings (SSSR count). The SMILES string of the molecule is [O-][NH+](O)c1ccc([C@@H]2Nn3c(nnc3-c3cccc([NH+]([O-])O)c3)S2)cc1. The van der Waals surface area contributed by atoms with Crippen molar-refractivity contribution in [1.29, 1.82) is 0 Å². The van der Waals surface area contributed by atoms with Crippen LogP contribution in [0.4, 0.5) is 11.4 Å². The second kappa shape index (κ2) is 6.66. The van der Waals surface area contributed by atoms with Gasteiger partial charge in [0.2, 0.25) is 5.16 Å². The number of hydrogen-bond donors (Lipinski definition) is 5. The molecule has 0 radical (unpaired) electrons. The van der Waals surface area contributed by atoms with Crippen LogP contribution >= 0.6 is 11.8 Å². The smallest absolute Gasteiger partial charge is 0.212 e. The lowest BCUT2D eigenvalue weighted by molar-refractivity contribution is -0.991. The molecular formula is C15H14N6O4S. The minimum Gasteiger partial charge on any atom is -0.595 e. The van der Waals surface area contributed by atoms with Gasteiger partial charge in [-0.15, -0.1) is 10.2 Å². The van der Waals surface area contributed by atoms with Gasteiger partial charge in [0.15, 0.2) is 17.2 Å². The summed E-state index contributed by atoms with van der Waals surface area (Å²) in [6, 6.07) is 13.1. The summed E-state index contributed by atoms with van der Waals surface area (Å²) in [5.74, 6) is 0.514. The molecule has 3 aromatic rings. The number of rotatable bonds is 4. The van der Waals surface area contributed by atoms with E-state index in [2.05, 4.69) is 15.6 Å². The highest BCUT2D eigenvalue weighted by Gasteiger charge is 2.28. The third-order valence-electron chi connectivity index (χ3n) is 3.93. The molecule has 0 amide bonds. The van der Waals surface area contributed by atoms with Crippen LogP contribution < -0.4 is 15.9 Å². The van der Waals surface area contributed by atoms with Crippen LogP contribution in [-0.2, 0) is 0 Å². The Morgan fingerprint density at radius 2 is 1.73 bits per heavy atom. The Kier molecular flexibility index (Phi) is 4.34. The third-order valence-corrected chi connectivity index (χ3v) is 5.02. The Balaban J connectivity index is 1.60. The highest BCUT2D eigenvalue weighted by atomic mass is 32.2. The highest BCUT2D eigenvalue weighted by Crippen LogP contribution is 2.40. The molecule has 10 nitrogen and oxygen atoms in total. The van der Waals surface area contributed by atoms with E-state index in [-0.39, 0.29) is 16.7 Å². The van der Waals surface area contributed by atoms with Gasteiger partial charge < -0.3 is 15.8 Å². The molecule has 0 bridgehead atoms. The molecule has 1 aromatic heterocycles. The fourth-order valence-corrected chi connectivity index (χ4v) is 3.63. The number of thioether (sulfide) groups is 1. The van der Waals surface area contributed by atoms with Gasteiger partial charge in [-0.05, 0) is 17.7 Å². The van der Waals surface area contributed by atoms with Crippen molar-refractivity contribution in [3.8, 4) is 11.4 Å². The van der Waals surface area contributed by atoms with Gasteiger partial charge in [0.1, 0.15) is 5.37 Å². The van der Waals surface area contributed by atoms with Gasteiger partial charge >= 0.3 is 0 Å². The van der Waals surface area contributed by atoms with Gasteiger partial charge in [0.25, 0.3) is 0 Å². The predicted molar refractivity (Wildman–Crippen MR) is 91.4 cm³/mol. The third kappa shape index (κ3) is 3.04. The van der Waals surface area contributed by atoms with E-state index in [0.717, 1.165) is 5.56 Å². The topological polar surface area (TPSA) is 138 Å². The Bertz CT molecular complexity index is 930. The molecule has 1 aliphatic rings. The van der Waals surface area contributed by atoms with Crippen molar-refractivity contribution >= 4 is 23.1 Å². The summed E-state index contributed by atoms with van der Waals surface area (Å²) in [6.07, 6.45) is 0. The van der Waals surface area contributed by atoms with Crippen molar-refractivity contribution in [2.75, 3.05) is 5.43 Å². The second-order valence-electron chi connectivity index (χ2n) is 5.58. The highest BCUT2D eigenvalue weighted by molar-refractivity contribution is 7.99. The number of nitrogens with zero attached hydrogens (tertiary/aromatic N) is 3. The average molecular weight is 374 g/mol. The van der Waals surface area contributed by atoms with Crippen LogP contribution in [0.3, 0.4) is 0 Å². The lowest BCUT2D eigenvalue weighted by Gasteiger charge is -2.15. The van der Waals surface area contributed by atoms with E-state index in [0.29, 0.717) is 16.5 Å². The van der Waals surface area contributed by atoms with Crippen molar-refractivity contribution < 1.29 is 20.9 Å². The van der Waals surface area contributed by atoms with Gasteiger partial charge in [0, 0.05) is 29.8 Å². The molecule has 3 atom stereocenters. The quantitative estimate of drug-likeness (QED) is 0.405. The van der Waals surface area contributed by atoms with Crippen LogP contribution in [0.15, 0.2) is 53.7 Å². The molecule has 2 unspecified atom stereocenters. The Hall–Kier alpha value is -2.51.